The highest BCUT2D eigenvalue weighted by molar-refractivity contribution is 7.92. The van der Waals surface area contributed by atoms with Crippen molar-refractivity contribution < 1.29 is 13.2 Å². The number of benzene rings is 2. The van der Waals surface area contributed by atoms with Crippen molar-refractivity contribution in [1.29, 1.82) is 0 Å². The van der Waals surface area contributed by atoms with Gasteiger partial charge in [-0.2, -0.15) is 0 Å². The first-order valence-electron chi connectivity index (χ1n) is 8.74. The number of anilines is 1. The Morgan fingerprint density at radius 1 is 1.07 bits per heavy atom. The van der Waals surface area contributed by atoms with Gasteiger partial charge in [0.25, 0.3) is 15.9 Å². The molecule has 0 aliphatic carbocycles. The maximum absolute atomic E-state index is 12.7. The largest absolute Gasteiger partial charge is 0.337 e. The fourth-order valence-electron chi connectivity index (χ4n) is 2.76. The van der Waals surface area contributed by atoms with E-state index in [2.05, 4.69) is 4.72 Å². The Labute approximate surface area is 169 Å². The highest BCUT2D eigenvalue weighted by Crippen LogP contribution is 2.22. The van der Waals surface area contributed by atoms with Crippen molar-refractivity contribution in [2.24, 2.45) is 0 Å². The lowest BCUT2D eigenvalue weighted by Gasteiger charge is -2.17. The van der Waals surface area contributed by atoms with Crippen LogP contribution < -0.4 is 4.72 Å². The third-order valence-electron chi connectivity index (χ3n) is 4.37. The van der Waals surface area contributed by atoms with Crippen LogP contribution in [0, 0.1) is 13.8 Å². The SMILES string of the molecule is Cc1ccc(S(=O)(=O)Nc2ccc(C(=O)N(C)Cc3cccs3)cc2C)cc1. The quantitative estimate of drug-likeness (QED) is 0.648. The zero-order chi connectivity index (χ0) is 20.3. The summed E-state index contributed by atoms with van der Waals surface area (Å²) in [7, 11) is -1.92. The molecule has 1 N–H and O–H groups in total. The average molecular weight is 415 g/mol. The van der Waals surface area contributed by atoms with Gasteiger partial charge in [0.2, 0.25) is 0 Å². The minimum absolute atomic E-state index is 0.107. The molecule has 0 aliphatic rings. The number of hydrogen-bond donors (Lipinski definition) is 1. The summed E-state index contributed by atoms with van der Waals surface area (Å²) in [5, 5.41) is 1.98. The van der Waals surface area contributed by atoms with Crippen molar-refractivity contribution in [1.82, 2.24) is 4.90 Å². The Morgan fingerprint density at radius 2 is 1.79 bits per heavy atom. The van der Waals surface area contributed by atoms with Crippen molar-refractivity contribution in [2.75, 3.05) is 11.8 Å². The summed E-state index contributed by atoms with van der Waals surface area (Å²) in [5.74, 6) is -0.107. The van der Waals surface area contributed by atoms with Gasteiger partial charge in [-0.1, -0.05) is 23.8 Å². The molecule has 1 heterocycles. The standard InChI is InChI=1S/C21H22N2O3S2/c1-15-6-9-19(10-7-15)28(25,26)22-20-11-8-17(13-16(20)2)21(24)23(3)14-18-5-4-12-27-18/h4-13,22H,14H2,1-3H3. The number of nitrogens with one attached hydrogen (secondary N) is 1. The van der Waals surface area contributed by atoms with E-state index in [9.17, 15) is 13.2 Å². The van der Waals surface area contributed by atoms with Gasteiger partial charge in [-0.3, -0.25) is 9.52 Å². The number of hydrogen-bond acceptors (Lipinski definition) is 4. The second-order valence-corrected chi connectivity index (χ2v) is 9.40. The van der Waals surface area contributed by atoms with E-state index >= 15 is 0 Å². The first-order chi connectivity index (χ1) is 13.3. The van der Waals surface area contributed by atoms with E-state index in [-0.39, 0.29) is 10.8 Å². The number of sulfonamides is 1. The number of aryl methyl sites for hydroxylation is 2. The van der Waals surface area contributed by atoms with E-state index in [1.165, 1.54) is 0 Å². The molecule has 1 aromatic heterocycles. The Balaban J connectivity index is 1.76. The molecule has 7 heteroatoms. The number of carbonyl (C=O) groups is 1. The molecule has 5 nitrogen and oxygen atoms in total. The van der Waals surface area contributed by atoms with Crippen molar-refractivity contribution in [3.63, 3.8) is 0 Å². The molecule has 0 radical (unpaired) electrons. The molecule has 0 atom stereocenters. The third-order valence-corrected chi connectivity index (χ3v) is 6.61. The van der Waals surface area contributed by atoms with Crippen LogP contribution >= 0.6 is 11.3 Å². The Morgan fingerprint density at radius 3 is 2.39 bits per heavy atom. The number of rotatable bonds is 6. The maximum atomic E-state index is 12.7. The van der Waals surface area contributed by atoms with Crippen LogP contribution in [0.15, 0.2) is 64.9 Å². The number of nitrogens with zero attached hydrogens (tertiary/aromatic N) is 1. The normalized spacial score (nSPS) is 11.2. The van der Waals surface area contributed by atoms with E-state index in [1.54, 1.807) is 72.7 Å². The Bertz CT molecular complexity index is 1070. The van der Waals surface area contributed by atoms with Crippen LogP contribution in [0.2, 0.25) is 0 Å². The van der Waals surface area contributed by atoms with Gasteiger partial charge in [-0.25, -0.2) is 8.42 Å². The van der Waals surface area contributed by atoms with Crippen molar-refractivity contribution >= 4 is 33.0 Å². The molecule has 146 valence electrons. The fraction of sp³-hybridized carbons (Fsp3) is 0.190. The summed E-state index contributed by atoms with van der Waals surface area (Å²) in [6.45, 7) is 4.22. The Hall–Kier alpha value is -2.64. The van der Waals surface area contributed by atoms with E-state index in [4.69, 9.17) is 0 Å². The van der Waals surface area contributed by atoms with Crippen molar-refractivity contribution in [3.8, 4) is 0 Å². The highest BCUT2D eigenvalue weighted by atomic mass is 32.2. The number of thiophene rings is 1. The molecular formula is C21H22N2O3S2. The van der Waals surface area contributed by atoms with Crippen molar-refractivity contribution in [2.45, 2.75) is 25.3 Å². The maximum Gasteiger partial charge on any atom is 0.261 e. The summed E-state index contributed by atoms with van der Waals surface area (Å²) in [6.07, 6.45) is 0. The number of carbonyl (C=O) groups excluding carboxylic acids is 1. The smallest absolute Gasteiger partial charge is 0.261 e. The van der Waals surface area contributed by atoms with Gasteiger partial charge in [0.05, 0.1) is 17.1 Å². The van der Waals surface area contributed by atoms with Gasteiger partial charge in [-0.05, 0) is 61.2 Å². The molecule has 28 heavy (non-hydrogen) atoms. The summed E-state index contributed by atoms with van der Waals surface area (Å²) in [6, 6.07) is 15.6. The summed E-state index contributed by atoms with van der Waals surface area (Å²) in [5.41, 5.74) is 2.66. The zero-order valence-corrected chi connectivity index (χ0v) is 17.6. The molecular weight excluding hydrogens is 392 g/mol. The lowest BCUT2D eigenvalue weighted by atomic mass is 10.1. The first kappa shape index (κ1) is 20.1. The van der Waals surface area contributed by atoms with Gasteiger partial charge >= 0.3 is 0 Å². The van der Waals surface area contributed by atoms with Gasteiger partial charge in [0, 0.05) is 17.5 Å². The summed E-state index contributed by atoms with van der Waals surface area (Å²) >= 11 is 1.60. The molecule has 1 amide bonds. The molecule has 2 aromatic carbocycles. The fourth-order valence-corrected chi connectivity index (χ4v) is 4.65. The monoisotopic (exact) mass is 414 g/mol. The summed E-state index contributed by atoms with van der Waals surface area (Å²) < 4.78 is 27.8. The predicted octanol–water partition coefficient (Wildman–Crippen LogP) is 4.44. The van der Waals surface area contributed by atoms with E-state index in [0.29, 0.717) is 23.4 Å². The van der Waals surface area contributed by atoms with Crippen LogP contribution in [0.25, 0.3) is 0 Å². The summed E-state index contributed by atoms with van der Waals surface area (Å²) in [4.78, 5) is 15.6. The topological polar surface area (TPSA) is 66.5 Å². The van der Waals surface area contributed by atoms with E-state index < -0.39 is 10.0 Å². The van der Waals surface area contributed by atoms with E-state index in [0.717, 1.165) is 10.4 Å². The molecule has 0 unspecified atom stereocenters. The van der Waals surface area contributed by atoms with Crippen LogP contribution in [0.1, 0.15) is 26.4 Å². The van der Waals surface area contributed by atoms with Crippen LogP contribution in [-0.4, -0.2) is 26.3 Å². The van der Waals surface area contributed by atoms with E-state index in [1.807, 2.05) is 24.4 Å². The second kappa shape index (κ2) is 8.16. The van der Waals surface area contributed by atoms with Gasteiger partial charge in [0.1, 0.15) is 0 Å². The minimum atomic E-state index is -3.68. The molecule has 0 aliphatic heterocycles. The molecule has 0 saturated heterocycles. The molecule has 3 rings (SSSR count). The molecule has 0 fully saturated rings. The predicted molar refractivity (Wildman–Crippen MR) is 113 cm³/mol. The van der Waals surface area contributed by atoms with Gasteiger partial charge < -0.3 is 4.90 Å². The highest BCUT2D eigenvalue weighted by Gasteiger charge is 2.17. The minimum Gasteiger partial charge on any atom is -0.337 e. The van der Waals surface area contributed by atoms with Crippen molar-refractivity contribution in [3.05, 3.63) is 81.5 Å². The van der Waals surface area contributed by atoms with Crippen LogP contribution in [0.4, 0.5) is 5.69 Å². The lowest BCUT2D eigenvalue weighted by Crippen LogP contribution is -2.26. The lowest BCUT2D eigenvalue weighted by molar-refractivity contribution is 0.0786. The molecule has 0 spiro atoms. The van der Waals surface area contributed by atoms with Crippen LogP contribution in [0.5, 0.6) is 0 Å². The first-order valence-corrected chi connectivity index (χ1v) is 11.1. The second-order valence-electron chi connectivity index (χ2n) is 6.69. The number of amides is 1. The molecule has 0 saturated carbocycles. The van der Waals surface area contributed by atoms with Gasteiger partial charge in [0.15, 0.2) is 0 Å². The third kappa shape index (κ3) is 4.61. The zero-order valence-electron chi connectivity index (χ0n) is 16.0. The average Bonchev–Trinajstić information content (AvgIpc) is 3.16. The van der Waals surface area contributed by atoms with Gasteiger partial charge in [-0.15, -0.1) is 11.3 Å². The molecule has 0 bridgehead atoms. The Kier molecular flexibility index (Phi) is 5.86. The van der Waals surface area contributed by atoms with Crippen LogP contribution in [-0.2, 0) is 16.6 Å². The molecule has 3 aromatic rings. The van der Waals surface area contributed by atoms with Crippen LogP contribution in [0.3, 0.4) is 0 Å².